The second-order valence-electron chi connectivity index (χ2n) is 5.87. The van der Waals surface area contributed by atoms with E-state index in [9.17, 15) is 5.21 Å². The van der Waals surface area contributed by atoms with E-state index in [1.165, 1.54) is 24.0 Å². The molecular formula is C19H20ClNOS. The molecule has 0 spiro atoms. The Morgan fingerprint density at radius 3 is 2.43 bits per heavy atom. The van der Waals surface area contributed by atoms with Crippen LogP contribution in [0.15, 0.2) is 58.3 Å². The lowest BCUT2D eigenvalue weighted by Crippen LogP contribution is -2.25. The second kappa shape index (κ2) is 7.89. The number of rotatable bonds is 4. The van der Waals surface area contributed by atoms with Gasteiger partial charge in [0.2, 0.25) is 0 Å². The average molecular weight is 346 g/mol. The second-order valence-corrected chi connectivity index (χ2v) is 7.43. The molecular weight excluding hydrogens is 326 g/mol. The van der Waals surface area contributed by atoms with Gasteiger partial charge in [0.25, 0.3) is 0 Å². The SMILES string of the molecule is [O-]/[N+](=C\c1ccccc1Sc1ccc(Cl)cc1)C1CCCCC1. The maximum Gasteiger partial charge on any atom is 0.183 e. The van der Waals surface area contributed by atoms with Crippen molar-refractivity contribution in [2.24, 2.45) is 0 Å². The van der Waals surface area contributed by atoms with Gasteiger partial charge >= 0.3 is 0 Å². The molecule has 0 aliphatic heterocycles. The predicted molar refractivity (Wildman–Crippen MR) is 97.7 cm³/mol. The molecule has 120 valence electrons. The molecule has 1 aliphatic rings. The molecule has 2 nitrogen and oxygen atoms in total. The lowest BCUT2D eigenvalue weighted by Gasteiger charge is -2.21. The Kier molecular flexibility index (Phi) is 5.63. The van der Waals surface area contributed by atoms with Crippen LogP contribution in [-0.2, 0) is 0 Å². The number of hydroxylamine groups is 1. The molecule has 0 radical (unpaired) electrons. The van der Waals surface area contributed by atoms with E-state index in [1.54, 1.807) is 18.0 Å². The fourth-order valence-corrected chi connectivity index (χ4v) is 3.93. The van der Waals surface area contributed by atoms with Crippen LogP contribution in [0, 0.1) is 5.21 Å². The van der Waals surface area contributed by atoms with Crippen molar-refractivity contribution in [3.63, 3.8) is 0 Å². The van der Waals surface area contributed by atoms with Gasteiger partial charge in [-0.2, -0.15) is 0 Å². The fraction of sp³-hybridized carbons (Fsp3) is 0.316. The Morgan fingerprint density at radius 2 is 1.70 bits per heavy atom. The fourth-order valence-electron chi connectivity index (χ4n) is 2.89. The Labute approximate surface area is 146 Å². The van der Waals surface area contributed by atoms with E-state index in [-0.39, 0.29) is 6.04 Å². The minimum absolute atomic E-state index is 0.136. The first-order valence-electron chi connectivity index (χ1n) is 8.05. The highest BCUT2D eigenvalue weighted by molar-refractivity contribution is 7.99. The molecule has 2 aromatic carbocycles. The van der Waals surface area contributed by atoms with Gasteiger partial charge in [-0.05, 0) is 49.2 Å². The van der Waals surface area contributed by atoms with Gasteiger partial charge in [-0.25, -0.2) is 4.74 Å². The molecule has 0 aromatic heterocycles. The molecule has 4 heteroatoms. The number of nitrogens with zero attached hydrogens (tertiary/aromatic N) is 1. The third-order valence-corrected chi connectivity index (χ3v) is 5.51. The van der Waals surface area contributed by atoms with Crippen LogP contribution in [0.3, 0.4) is 0 Å². The first-order valence-corrected chi connectivity index (χ1v) is 9.24. The highest BCUT2D eigenvalue weighted by atomic mass is 35.5. The van der Waals surface area contributed by atoms with Crippen LogP contribution in [0.25, 0.3) is 0 Å². The van der Waals surface area contributed by atoms with Crippen LogP contribution >= 0.6 is 23.4 Å². The van der Waals surface area contributed by atoms with Gasteiger partial charge in [0.15, 0.2) is 12.3 Å². The third kappa shape index (κ3) is 4.52. The molecule has 0 heterocycles. The van der Waals surface area contributed by atoms with Crippen molar-refractivity contribution in [1.82, 2.24) is 0 Å². The summed E-state index contributed by atoms with van der Waals surface area (Å²) >= 11 is 7.59. The van der Waals surface area contributed by atoms with Gasteiger partial charge < -0.3 is 5.21 Å². The summed E-state index contributed by atoms with van der Waals surface area (Å²) < 4.78 is 1.17. The minimum Gasteiger partial charge on any atom is -0.624 e. The Morgan fingerprint density at radius 1 is 1.00 bits per heavy atom. The quantitative estimate of drug-likeness (QED) is 0.305. The number of benzene rings is 2. The van der Waals surface area contributed by atoms with Gasteiger partial charge in [-0.1, -0.05) is 41.9 Å². The summed E-state index contributed by atoms with van der Waals surface area (Å²) in [5, 5.41) is 13.2. The number of halogens is 1. The molecule has 0 bridgehead atoms. The molecule has 0 saturated heterocycles. The van der Waals surface area contributed by atoms with Gasteiger partial charge in [0, 0.05) is 27.7 Å². The molecule has 3 rings (SSSR count). The highest BCUT2D eigenvalue weighted by Gasteiger charge is 2.20. The maximum atomic E-state index is 12.5. The van der Waals surface area contributed by atoms with Gasteiger partial charge in [0.05, 0.1) is 5.56 Å². The van der Waals surface area contributed by atoms with Crippen molar-refractivity contribution in [2.45, 2.75) is 47.9 Å². The van der Waals surface area contributed by atoms with E-state index in [0.717, 1.165) is 33.2 Å². The van der Waals surface area contributed by atoms with Crippen LogP contribution in [0.4, 0.5) is 0 Å². The van der Waals surface area contributed by atoms with E-state index in [1.807, 2.05) is 42.5 Å². The third-order valence-electron chi connectivity index (χ3n) is 4.16. The van der Waals surface area contributed by atoms with Gasteiger partial charge in [-0.3, -0.25) is 0 Å². The molecule has 23 heavy (non-hydrogen) atoms. The zero-order valence-electron chi connectivity index (χ0n) is 13.0. The van der Waals surface area contributed by atoms with E-state index in [2.05, 4.69) is 6.07 Å². The molecule has 0 unspecified atom stereocenters. The molecule has 1 saturated carbocycles. The maximum absolute atomic E-state index is 12.5. The molecule has 0 atom stereocenters. The van der Waals surface area contributed by atoms with Crippen LogP contribution in [-0.4, -0.2) is 17.0 Å². The van der Waals surface area contributed by atoms with E-state index in [4.69, 9.17) is 11.6 Å². The minimum atomic E-state index is 0.136. The van der Waals surface area contributed by atoms with Crippen molar-refractivity contribution in [3.05, 3.63) is 64.3 Å². The lowest BCUT2D eigenvalue weighted by molar-refractivity contribution is -0.500. The Hall–Kier alpha value is -1.45. The summed E-state index contributed by atoms with van der Waals surface area (Å²) in [4.78, 5) is 2.21. The van der Waals surface area contributed by atoms with Crippen molar-refractivity contribution >= 4 is 29.6 Å². The van der Waals surface area contributed by atoms with Crippen LogP contribution < -0.4 is 0 Å². The van der Waals surface area contributed by atoms with Gasteiger partial charge in [0.1, 0.15) is 0 Å². The van der Waals surface area contributed by atoms with Crippen LogP contribution in [0.2, 0.25) is 5.02 Å². The zero-order valence-corrected chi connectivity index (χ0v) is 14.5. The first-order chi connectivity index (χ1) is 11.2. The monoisotopic (exact) mass is 345 g/mol. The average Bonchev–Trinajstić information content (AvgIpc) is 2.59. The summed E-state index contributed by atoms with van der Waals surface area (Å²) in [5.41, 5.74) is 0.980. The molecule has 1 fully saturated rings. The smallest absolute Gasteiger partial charge is 0.183 e. The summed E-state index contributed by atoms with van der Waals surface area (Å²) in [5.74, 6) is 0. The zero-order chi connectivity index (χ0) is 16.1. The summed E-state index contributed by atoms with van der Waals surface area (Å²) in [6, 6.07) is 16.0. The topological polar surface area (TPSA) is 26.1 Å². The summed E-state index contributed by atoms with van der Waals surface area (Å²) in [7, 11) is 0. The summed E-state index contributed by atoms with van der Waals surface area (Å²) in [6.07, 6.45) is 7.36. The van der Waals surface area contributed by atoms with Crippen molar-refractivity contribution < 1.29 is 4.74 Å². The van der Waals surface area contributed by atoms with Crippen LogP contribution in [0.1, 0.15) is 37.7 Å². The Balaban J connectivity index is 1.81. The van der Waals surface area contributed by atoms with Gasteiger partial charge in [-0.15, -0.1) is 0 Å². The molecule has 2 aromatic rings. The van der Waals surface area contributed by atoms with E-state index < -0.39 is 0 Å². The highest BCUT2D eigenvalue weighted by Crippen LogP contribution is 2.30. The van der Waals surface area contributed by atoms with Crippen LogP contribution in [0.5, 0.6) is 0 Å². The normalized spacial score (nSPS) is 16.5. The van der Waals surface area contributed by atoms with E-state index >= 15 is 0 Å². The Bertz CT molecular complexity index is 678. The number of hydrogen-bond donors (Lipinski definition) is 0. The predicted octanol–water partition coefficient (Wildman–Crippen LogP) is 5.75. The first kappa shape index (κ1) is 16.4. The van der Waals surface area contributed by atoms with E-state index in [0.29, 0.717) is 0 Å². The molecule has 0 amide bonds. The number of hydrogen-bond acceptors (Lipinski definition) is 2. The van der Waals surface area contributed by atoms with Crippen molar-refractivity contribution in [1.29, 1.82) is 0 Å². The summed E-state index contributed by atoms with van der Waals surface area (Å²) in [6.45, 7) is 0. The molecule has 1 aliphatic carbocycles. The van der Waals surface area contributed by atoms with Crippen molar-refractivity contribution in [3.8, 4) is 0 Å². The molecule has 0 N–H and O–H groups in total. The standard InChI is InChI=1S/C19H20ClNOS/c20-16-10-12-18(13-11-16)23-19-9-5-4-6-15(19)14-21(22)17-7-2-1-3-8-17/h4-6,9-14,17H,1-3,7-8H2/b21-14-. The van der Waals surface area contributed by atoms with Crippen molar-refractivity contribution in [2.75, 3.05) is 0 Å². The largest absolute Gasteiger partial charge is 0.624 e. The lowest BCUT2D eigenvalue weighted by atomic mass is 9.96.